The summed E-state index contributed by atoms with van der Waals surface area (Å²) >= 11 is 0. The molecule has 0 aromatic heterocycles. The number of alkyl halides is 3. The second-order valence-corrected chi connectivity index (χ2v) is 4.06. The Morgan fingerprint density at radius 1 is 1.22 bits per heavy atom. The lowest BCUT2D eigenvalue weighted by atomic mass is 10.2. The number of halogens is 3. The standard InChI is InChI=1S/C13H16F3NO/c1-2-3-9-17(12(18)13(14,15)16)10-11-7-5-4-6-8-11/h4-8H,2-3,9-10H2,1H3. The summed E-state index contributed by atoms with van der Waals surface area (Å²) < 4.78 is 37.3. The van der Waals surface area contributed by atoms with E-state index < -0.39 is 12.1 Å². The van der Waals surface area contributed by atoms with Crippen LogP contribution in [0.1, 0.15) is 25.3 Å². The van der Waals surface area contributed by atoms with E-state index in [4.69, 9.17) is 0 Å². The minimum atomic E-state index is -4.80. The molecule has 0 spiro atoms. The molecule has 0 saturated heterocycles. The van der Waals surface area contributed by atoms with E-state index in [2.05, 4.69) is 0 Å². The van der Waals surface area contributed by atoms with Crippen LogP contribution in [0.15, 0.2) is 30.3 Å². The van der Waals surface area contributed by atoms with Crippen molar-refractivity contribution in [3.05, 3.63) is 35.9 Å². The van der Waals surface area contributed by atoms with Crippen LogP contribution < -0.4 is 0 Å². The molecule has 0 unspecified atom stereocenters. The number of carbonyl (C=O) groups excluding carboxylic acids is 1. The fraction of sp³-hybridized carbons (Fsp3) is 0.462. The highest BCUT2D eigenvalue weighted by molar-refractivity contribution is 5.81. The molecule has 1 aromatic rings. The van der Waals surface area contributed by atoms with Gasteiger partial charge in [-0.25, -0.2) is 0 Å². The van der Waals surface area contributed by atoms with Gasteiger partial charge < -0.3 is 4.90 Å². The highest BCUT2D eigenvalue weighted by atomic mass is 19.4. The molecule has 2 nitrogen and oxygen atoms in total. The van der Waals surface area contributed by atoms with Crippen LogP contribution >= 0.6 is 0 Å². The Hall–Kier alpha value is -1.52. The summed E-state index contributed by atoms with van der Waals surface area (Å²) in [5, 5.41) is 0. The average Bonchev–Trinajstić information content (AvgIpc) is 2.33. The molecule has 18 heavy (non-hydrogen) atoms. The third-order valence-corrected chi connectivity index (χ3v) is 2.53. The summed E-state index contributed by atoms with van der Waals surface area (Å²) in [4.78, 5) is 12.1. The lowest BCUT2D eigenvalue weighted by molar-refractivity contribution is -0.186. The molecule has 0 aliphatic carbocycles. The van der Waals surface area contributed by atoms with Crippen molar-refractivity contribution >= 4 is 5.91 Å². The monoisotopic (exact) mass is 259 g/mol. The zero-order valence-corrected chi connectivity index (χ0v) is 10.2. The zero-order valence-electron chi connectivity index (χ0n) is 10.2. The van der Waals surface area contributed by atoms with Gasteiger partial charge in [0.15, 0.2) is 0 Å². The van der Waals surface area contributed by atoms with Crippen molar-refractivity contribution in [1.29, 1.82) is 0 Å². The predicted molar refractivity (Wildman–Crippen MR) is 62.8 cm³/mol. The summed E-state index contributed by atoms with van der Waals surface area (Å²) in [6, 6.07) is 8.69. The van der Waals surface area contributed by atoms with Gasteiger partial charge in [0.25, 0.3) is 0 Å². The number of rotatable bonds is 5. The van der Waals surface area contributed by atoms with Gasteiger partial charge in [0.1, 0.15) is 0 Å². The minimum absolute atomic E-state index is 0.000810. The molecule has 0 N–H and O–H groups in total. The van der Waals surface area contributed by atoms with Crippen molar-refractivity contribution in [1.82, 2.24) is 4.90 Å². The fourth-order valence-corrected chi connectivity index (χ4v) is 1.58. The number of nitrogens with zero attached hydrogens (tertiary/aromatic N) is 1. The molecule has 0 radical (unpaired) electrons. The van der Waals surface area contributed by atoms with Crippen LogP contribution in [0.4, 0.5) is 13.2 Å². The van der Waals surface area contributed by atoms with Gasteiger partial charge in [-0.3, -0.25) is 4.79 Å². The summed E-state index contributed by atoms with van der Waals surface area (Å²) in [5.74, 6) is -1.76. The molecule has 5 heteroatoms. The van der Waals surface area contributed by atoms with E-state index >= 15 is 0 Å². The predicted octanol–water partition coefficient (Wildman–Crippen LogP) is 3.38. The van der Waals surface area contributed by atoms with Gasteiger partial charge in [-0.1, -0.05) is 43.7 Å². The van der Waals surface area contributed by atoms with E-state index in [0.29, 0.717) is 12.0 Å². The Kier molecular flexibility index (Phi) is 5.19. The first-order valence-corrected chi connectivity index (χ1v) is 5.85. The SMILES string of the molecule is CCCCN(Cc1ccccc1)C(=O)C(F)(F)F. The maximum Gasteiger partial charge on any atom is 0.471 e. The fourth-order valence-electron chi connectivity index (χ4n) is 1.58. The van der Waals surface area contributed by atoms with Crippen LogP contribution in [0.5, 0.6) is 0 Å². The number of carbonyl (C=O) groups is 1. The lowest BCUT2D eigenvalue weighted by Gasteiger charge is -2.23. The van der Waals surface area contributed by atoms with Crippen LogP contribution in [0, 0.1) is 0 Å². The van der Waals surface area contributed by atoms with Gasteiger partial charge >= 0.3 is 12.1 Å². The average molecular weight is 259 g/mol. The first-order chi connectivity index (χ1) is 8.45. The van der Waals surface area contributed by atoms with Gasteiger partial charge in [-0.15, -0.1) is 0 Å². The number of amides is 1. The molecular weight excluding hydrogens is 243 g/mol. The van der Waals surface area contributed by atoms with Gasteiger partial charge in [0.2, 0.25) is 0 Å². The Labute approximate surface area is 104 Å². The molecule has 0 saturated carbocycles. The molecule has 100 valence electrons. The molecule has 0 fully saturated rings. The van der Waals surface area contributed by atoms with Gasteiger partial charge in [0.05, 0.1) is 0 Å². The van der Waals surface area contributed by atoms with Gasteiger partial charge in [-0.05, 0) is 12.0 Å². The maximum absolute atomic E-state index is 12.4. The second-order valence-electron chi connectivity index (χ2n) is 4.06. The summed E-state index contributed by atoms with van der Waals surface area (Å²) in [6.45, 7) is 2.00. The number of unbranched alkanes of at least 4 members (excludes halogenated alkanes) is 1. The van der Waals surface area contributed by atoms with Crippen molar-refractivity contribution in [2.75, 3.05) is 6.54 Å². The van der Waals surface area contributed by atoms with Crippen molar-refractivity contribution < 1.29 is 18.0 Å². The first-order valence-electron chi connectivity index (χ1n) is 5.85. The molecule has 1 rings (SSSR count). The van der Waals surface area contributed by atoms with Crippen molar-refractivity contribution in [2.24, 2.45) is 0 Å². The van der Waals surface area contributed by atoms with Crippen LogP contribution in [0.25, 0.3) is 0 Å². The summed E-state index contributed by atoms with van der Waals surface area (Å²) in [5.41, 5.74) is 0.700. The van der Waals surface area contributed by atoms with Gasteiger partial charge in [0, 0.05) is 13.1 Å². The normalized spacial score (nSPS) is 11.3. The Balaban J connectivity index is 2.76. The molecule has 0 heterocycles. The highest BCUT2D eigenvalue weighted by Gasteiger charge is 2.42. The maximum atomic E-state index is 12.4. The largest absolute Gasteiger partial charge is 0.471 e. The van der Waals surface area contributed by atoms with E-state index in [9.17, 15) is 18.0 Å². The van der Waals surface area contributed by atoms with Gasteiger partial charge in [-0.2, -0.15) is 13.2 Å². The number of hydrogen-bond donors (Lipinski definition) is 0. The highest BCUT2D eigenvalue weighted by Crippen LogP contribution is 2.20. The molecular formula is C13H16F3NO. The smallest absolute Gasteiger partial charge is 0.331 e. The third-order valence-electron chi connectivity index (χ3n) is 2.53. The van der Waals surface area contributed by atoms with E-state index in [1.165, 1.54) is 0 Å². The van der Waals surface area contributed by atoms with Crippen LogP contribution in [-0.4, -0.2) is 23.5 Å². The van der Waals surface area contributed by atoms with Crippen molar-refractivity contribution in [3.63, 3.8) is 0 Å². The molecule has 0 atom stereocenters. The molecule has 0 aliphatic rings. The second kappa shape index (κ2) is 6.42. The third kappa shape index (κ3) is 4.39. The van der Waals surface area contributed by atoms with E-state index in [1.807, 2.05) is 6.92 Å². The Morgan fingerprint density at radius 2 is 1.83 bits per heavy atom. The topological polar surface area (TPSA) is 20.3 Å². The van der Waals surface area contributed by atoms with E-state index in [-0.39, 0.29) is 13.1 Å². The molecule has 0 bridgehead atoms. The lowest BCUT2D eigenvalue weighted by Crippen LogP contribution is -2.41. The Morgan fingerprint density at radius 3 is 2.33 bits per heavy atom. The van der Waals surface area contributed by atoms with Crippen molar-refractivity contribution in [2.45, 2.75) is 32.5 Å². The summed E-state index contributed by atoms with van der Waals surface area (Å²) in [6.07, 6.45) is -3.49. The first kappa shape index (κ1) is 14.5. The molecule has 1 amide bonds. The summed E-state index contributed by atoms with van der Waals surface area (Å²) in [7, 11) is 0. The quantitative estimate of drug-likeness (QED) is 0.793. The van der Waals surface area contributed by atoms with E-state index in [0.717, 1.165) is 11.3 Å². The van der Waals surface area contributed by atoms with Crippen LogP contribution in [0.3, 0.4) is 0 Å². The Bertz CT molecular complexity index is 376. The molecule has 1 aromatic carbocycles. The number of hydrogen-bond acceptors (Lipinski definition) is 1. The molecule has 0 aliphatic heterocycles. The van der Waals surface area contributed by atoms with Crippen LogP contribution in [-0.2, 0) is 11.3 Å². The number of benzene rings is 1. The zero-order chi connectivity index (χ0) is 13.6. The van der Waals surface area contributed by atoms with Crippen LogP contribution in [0.2, 0.25) is 0 Å². The van der Waals surface area contributed by atoms with E-state index in [1.54, 1.807) is 30.3 Å². The minimum Gasteiger partial charge on any atom is -0.331 e. The van der Waals surface area contributed by atoms with Crippen molar-refractivity contribution in [3.8, 4) is 0 Å².